The van der Waals surface area contributed by atoms with Gasteiger partial charge in [0, 0.05) is 17.8 Å². The lowest BCUT2D eigenvalue weighted by Gasteiger charge is -2.25. The van der Waals surface area contributed by atoms with E-state index in [9.17, 15) is 9.18 Å². The molecule has 0 spiro atoms. The number of nitrogens with zero attached hydrogens (tertiary/aromatic N) is 3. The summed E-state index contributed by atoms with van der Waals surface area (Å²) in [6, 6.07) is 22.6. The van der Waals surface area contributed by atoms with Crippen LogP contribution in [0.25, 0.3) is 16.7 Å². The van der Waals surface area contributed by atoms with Gasteiger partial charge in [0.05, 0.1) is 17.6 Å². The molecule has 0 radical (unpaired) electrons. The number of halogens is 1. The number of imidazole rings is 1. The molecule has 0 N–H and O–H groups in total. The molecule has 1 amide bonds. The minimum Gasteiger partial charge on any atom is -0.331 e. The van der Waals surface area contributed by atoms with E-state index < -0.39 is 0 Å². The van der Waals surface area contributed by atoms with Gasteiger partial charge in [-0.2, -0.15) is 0 Å². The number of aryl methyl sites for hydroxylation is 1. The van der Waals surface area contributed by atoms with Crippen LogP contribution in [0.15, 0.2) is 72.8 Å². The second-order valence-corrected chi connectivity index (χ2v) is 8.23. The van der Waals surface area contributed by atoms with Crippen LogP contribution in [0.1, 0.15) is 35.6 Å². The monoisotopic (exact) mass is 415 g/mol. The number of carbonyl (C=O) groups is 1. The van der Waals surface area contributed by atoms with E-state index in [1.165, 1.54) is 6.07 Å². The van der Waals surface area contributed by atoms with Crippen molar-refractivity contribution in [3.8, 4) is 5.69 Å². The van der Waals surface area contributed by atoms with Gasteiger partial charge in [-0.05, 0) is 54.8 Å². The highest BCUT2D eigenvalue weighted by molar-refractivity contribution is 5.94. The van der Waals surface area contributed by atoms with Gasteiger partial charge in [0.25, 0.3) is 5.91 Å². The van der Waals surface area contributed by atoms with Crippen LogP contribution < -0.4 is 0 Å². The van der Waals surface area contributed by atoms with Gasteiger partial charge >= 0.3 is 0 Å². The molecule has 3 aromatic carbocycles. The molecule has 31 heavy (non-hydrogen) atoms. The Balaban J connectivity index is 1.77. The second-order valence-electron chi connectivity index (χ2n) is 8.23. The van der Waals surface area contributed by atoms with E-state index in [4.69, 9.17) is 4.98 Å². The third-order valence-corrected chi connectivity index (χ3v) is 5.27. The van der Waals surface area contributed by atoms with E-state index >= 15 is 0 Å². The highest BCUT2D eigenvalue weighted by Crippen LogP contribution is 2.23. The predicted octanol–water partition coefficient (Wildman–Crippen LogP) is 5.77. The van der Waals surface area contributed by atoms with Gasteiger partial charge in [0.15, 0.2) is 0 Å². The second kappa shape index (κ2) is 8.72. The summed E-state index contributed by atoms with van der Waals surface area (Å²) in [6.45, 7) is 6.70. The maximum atomic E-state index is 14.1. The maximum absolute atomic E-state index is 14.1. The van der Waals surface area contributed by atoms with Crippen molar-refractivity contribution < 1.29 is 9.18 Å². The van der Waals surface area contributed by atoms with Gasteiger partial charge in [0.1, 0.15) is 11.6 Å². The van der Waals surface area contributed by atoms with Crippen molar-refractivity contribution in [2.45, 2.75) is 27.3 Å². The van der Waals surface area contributed by atoms with Crippen LogP contribution >= 0.6 is 0 Å². The van der Waals surface area contributed by atoms with Crippen molar-refractivity contribution >= 4 is 16.9 Å². The average Bonchev–Trinajstić information content (AvgIpc) is 3.13. The maximum Gasteiger partial charge on any atom is 0.254 e. The SMILES string of the molecule is Cc1ccc(C(=O)N(Cc2nc3ccccc3n2-c2ccccc2)CC(C)C)cc1F. The molecular weight excluding hydrogens is 389 g/mol. The Kier molecular flexibility index (Phi) is 5.85. The summed E-state index contributed by atoms with van der Waals surface area (Å²) in [5.74, 6) is 0.467. The van der Waals surface area contributed by atoms with Crippen molar-refractivity contribution in [3.05, 3.63) is 95.6 Å². The number of carbonyl (C=O) groups excluding carboxylic acids is 1. The van der Waals surface area contributed by atoms with Gasteiger partial charge in [-0.1, -0.05) is 50.2 Å². The fourth-order valence-electron chi connectivity index (χ4n) is 3.79. The Morgan fingerprint density at radius 3 is 2.45 bits per heavy atom. The summed E-state index contributed by atoms with van der Waals surface area (Å²) in [7, 11) is 0. The van der Waals surface area contributed by atoms with E-state index in [1.807, 2.05) is 54.6 Å². The topological polar surface area (TPSA) is 38.1 Å². The number of fused-ring (bicyclic) bond motifs is 1. The van der Waals surface area contributed by atoms with Crippen molar-refractivity contribution in [2.24, 2.45) is 5.92 Å². The molecule has 0 unspecified atom stereocenters. The van der Waals surface area contributed by atoms with Crippen molar-refractivity contribution in [1.82, 2.24) is 14.5 Å². The smallest absolute Gasteiger partial charge is 0.254 e. The van der Waals surface area contributed by atoms with E-state index in [0.717, 1.165) is 22.5 Å². The lowest BCUT2D eigenvalue weighted by Crippen LogP contribution is -2.34. The molecule has 5 heteroatoms. The zero-order chi connectivity index (χ0) is 22.0. The van der Waals surface area contributed by atoms with E-state index in [0.29, 0.717) is 24.2 Å². The van der Waals surface area contributed by atoms with Gasteiger partial charge in [0.2, 0.25) is 0 Å². The molecule has 0 aliphatic heterocycles. The van der Waals surface area contributed by atoms with E-state index in [2.05, 4.69) is 18.4 Å². The summed E-state index contributed by atoms with van der Waals surface area (Å²) in [4.78, 5) is 19.9. The normalized spacial score (nSPS) is 11.3. The fraction of sp³-hybridized carbons (Fsp3) is 0.231. The van der Waals surface area contributed by atoms with Crippen LogP contribution in [0, 0.1) is 18.7 Å². The number of para-hydroxylation sites is 3. The summed E-state index contributed by atoms with van der Waals surface area (Å²) in [5.41, 5.74) is 3.73. The number of benzene rings is 3. The lowest BCUT2D eigenvalue weighted by atomic mass is 10.1. The molecule has 0 fully saturated rings. The molecule has 4 nitrogen and oxygen atoms in total. The zero-order valence-corrected chi connectivity index (χ0v) is 18.0. The highest BCUT2D eigenvalue weighted by Gasteiger charge is 2.22. The Morgan fingerprint density at radius 1 is 1.03 bits per heavy atom. The van der Waals surface area contributed by atoms with Gasteiger partial charge in [-0.25, -0.2) is 9.37 Å². The van der Waals surface area contributed by atoms with Crippen LogP contribution in [-0.2, 0) is 6.54 Å². The minimum absolute atomic E-state index is 0.195. The first kappa shape index (κ1) is 20.8. The number of hydrogen-bond donors (Lipinski definition) is 0. The van der Waals surface area contributed by atoms with Crippen molar-refractivity contribution in [2.75, 3.05) is 6.54 Å². The van der Waals surface area contributed by atoms with Crippen molar-refractivity contribution in [3.63, 3.8) is 0 Å². The third kappa shape index (κ3) is 4.36. The average molecular weight is 416 g/mol. The third-order valence-electron chi connectivity index (χ3n) is 5.27. The molecule has 0 bridgehead atoms. The summed E-state index contributed by atoms with van der Waals surface area (Å²) >= 11 is 0. The fourth-order valence-corrected chi connectivity index (χ4v) is 3.79. The number of amides is 1. The molecule has 0 aliphatic carbocycles. The number of aromatic nitrogens is 2. The van der Waals surface area contributed by atoms with Crippen LogP contribution in [0.3, 0.4) is 0 Å². The first-order valence-corrected chi connectivity index (χ1v) is 10.5. The highest BCUT2D eigenvalue weighted by atomic mass is 19.1. The predicted molar refractivity (Wildman–Crippen MR) is 122 cm³/mol. The minimum atomic E-state index is -0.369. The van der Waals surface area contributed by atoms with Crippen LogP contribution in [0.2, 0.25) is 0 Å². The lowest BCUT2D eigenvalue weighted by molar-refractivity contribution is 0.0717. The quantitative estimate of drug-likeness (QED) is 0.401. The Labute approximate surface area is 182 Å². The molecule has 0 saturated heterocycles. The standard InChI is InChI=1S/C26H26FN3O/c1-18(2)16-29(26(31)20-14-13-19(3)22(27)15-20)17-25-28-23-11-7-8-12-24(23)30(25)21-9-5-4-6-10-21/h4-15,18H,16-17H2,1-3H3. The molecule has 1 heterocycles. The summed E-state index contributed by atoms with van der Waals surface area (Å²) < 4.78 is 16.2. The molecular formula is C26H26FN3O. The zero-order valence-electron chi connectivity index (χ0n) is 18.0. The molecule has 0 aliphatic rings. The molecule has 0 atom stereocenters. The molecule has 1 aromatic heterocycles. The van der Waals surface area contributed by atoms with E-state index in [1.54, 1.807) is 24.0 Å². The van der Waals surface area contributed by atoms with Gasteiger partial charge in [-0.3, -0.25) is 9.36 Å². The van der Waals surface area contributed by atoms with E-state index in [-0.39, 0.29) is 17.6 Å². The Morgan fingerprint density at radius 2 is 1.74 bits per heavy atom. The summed E-state index contributed by atoms with van der Waals surface area (Å²) in [6.07, 6.45) is 0. The van der Waals surface area contributed by atoms with Crippen LogP contribution in [0.5, 0.6) is 0 Å². The first-order chi connectivity index (χ1) is 14.9. The number of hydrogen-bond acceptors (Lipinski definition) is 2. The number of rotatable bonds is 6. The first-order valence-electron chi connectivity index (χ1n) is 10.5. The molecule has 0 saturated carbocycles. The Hall–Kier alpha value is -3.47. The van der Waals surface area contributed by atoms with Crippen LogP contribution in [-0.4, -0.2) is 26.9 Å². The summed E-state index contributed by atoms with van der Waals surface area (Å²) in [5, 5.41) is 0. The molecule has 4 aromatic rings. The largest absolute Gasteiger partial charge is 0.331 e. The Bertz CT molecular complexity index is 1210. The van der Waals surface area contributed by atoms with Crippen LogP contribution in [0.4, 0.5) is 4.39 Å². The van der Waals surface area contributed by atoms with Crippen molar-refractivity contribution in [1.29, 1.82) is 0 Å². The molecule has 158 valence electrons. The van der Waals surface area contributed by atoms with Gasteiger partial charge in [-0.15, -0.1) is 0 Å². The molecule has 4 rings (SSSR count). The van der Waals surface area contributed by atoms with Gasteiger partial charge < -0.3 is 4.90 Å².